The second kappa shape index (κ2) is 5.49. The normalized spacial score (nSPS) is 22.4. The van der Waals surface area contributed by atoms with Crippen molar-refractivity contribution < 1.29 is 4.74 Å². The van der Waals surface area contributed by atoms with Gasteiger partial charge in [0.05, 0.1) is 12.7 Å². The van der Waals surface area contributed by atoms with Gasteiger partial charge in [-0.1, -0.05) is 6.07 Å². The van der Waals surface area contributed by atoms with Crippen molar-refractivity contribution in [3.63, 3.8) is 0 Å². The summed E-state index contributed by atoms with van der Waals surface area (Å²) in [6, 6.07) is 4.27. The zero-order chi connectivity index (χ0) is 9.64. The maximum absolute atomic E-state index is 5.80. The maximum Gasteiger partial charge on any atom is 0.0700 e. The molecule has 0 bridgehead atoms. The van der Waals surface area contributed by atoms with Crippen molar-refractivity contribution >= 4 is 11.3 Å². The topological polar surface area (TPSA) is 21.3 Å². The van der Waals surface area contributed by atoms with E-state index in [0.29, 0.717) is 6.10 Å². The van der Waals surface area contributed by atoms with Crippen molar-refractivity contribution in [3.05, 3.63) is 22.4 Å². The average molecular weight is 211 g/mol. The van der Waals surface area contributed by atoms with Crippen LogP contribution in [0, 0.1) is 0 Å². The monoisotopic (exact) mass is 211 g/mol. The predicted molar refractivity (Wildman–Crippen MR) is 59.9 cm³/mol. The van der Waals surface area contributed by atoms with Crippen molar-refractivity contribution in [3.8, 4) is 0 Å². The van der Waals surface area contributed by atoms with Gasteiger partial charge < -0.3 is 10.1 Å². The van der Waals surface area contributed by atoms with Crippen LogP contribution in [0.5, 0.6) is 0 Å². The third-order valence-corrected chi connectivity index (χ3v) is 3.47. The smallest absolute Gasteiger partial charge is 0.0700 e. The molecule has 14 heavy (non-hydrogen) atoms. The van der Waals surface area contributed by atoms with Crippen LogP contribution in [0.2, 0.25) is 0 Å². The third-order valence-electron chi connectivity index (χ3n) is 2.53. The molecule has 2 rings (SSSR count). The number of ether oxygens (including phenoxy) is 1. The number of rotatable bonds is 4. The van der Waals surface area contributed by atoms with Gasteiger partial charge >= 0.3 is 0 Å². The Kier molecular flexibility index (Phi) is 3.98. The first kappa shape index (κ1) is 10.1. The molecule has 2 nitrogen and oxygen atoms in total. The number of nitrogens with one attached hydrogen (secondary N) is 1. The Hall–Kier alpha value is -0.380. The van der Waals surface area contributed by atoms with Gasteiger partial charge in [0.25, 0.3) is 0 Å². The van der Waals surface area contributed by atoms with Gasteiger partial charge in [0, 0.05) is 17.8 Å². The standard InChI is InChI=1S/C11H17NOS/c1-3-10(9-12-6-1)13-7-5-11-4-2-8-14-11/h2,4,8,10,12H,1,3,5-7,9H2. The average Bonchev–Trinajstić information content (AvgIpc) is 2.72. The molecule has 1 unspecified atom stereocenters. The van der Waals surface area contributed by atoms with E-state index in [1.54, 1.807) is 0 Å². The SMILES string of the molecule is c1csc(CCOC2CCCNC2)c1. The minimum atomic E-state index is 0.448. The van der Waals surface area contributed by atoms with E-state index in [9.17, 15) is 0 Å². The predicted octanol–water partition coefficient (Wildman–Crippen LogP) is 2.06. The molecule has 0 saturated carbocycles. The number of piperidine rings is 1. The lowest BCUT2D eigenvalue weighted by Crippen LogP contribution is -2.35. The number of thiophene rings is 1. The lowest BCUT2D eigenvalue weighted by molar-refractivity contribution is 0.0393. The summed E-state index contributed by atoms with van der Waals surface area (Å²) in [7, 11) is 0. The minimum Gasteiger partial charge on any atom is -0.377 e. The van der Waals surface area contributed by atoms with E-state index in [1.165, 1.54) is 17.7 Å². The van der Waals surface area contributed by atoms with Gasteiger partial charge in [0.2, 0.25) is 0 Å². The molecule has 1 N–H and O–H groups in total. The second-order valence-corrected chi connectivity index (χ2v) is 4.70. The molecule has 0 radical (unpaired) electrons. The molecule has 2 heterocycles. The summed E-state index contributed by atoms with van der Waals surface area (Å²) in [5.41, 5.74) is 0. The number of hydrogen-bond donors (Lipinski definition) is 1. The molecule has 3 heteroatoms. The van der Waals surface area contributed by atoms with Crippen molar-refractivity contribution in [1.82, 2.24) is 5.32 Å². The Morgan fingerprint density at radius 3 is 3.29 bits per heavy atom. The van der Waals surface area contributed by atoms with Crippen LogP contribution in [-0.4, -0.2) is 25.8 Å². The molecular formula is C11H17NOS. The molecule has 1 aliphatic rings. The molecule has 0 amide bonds. The Bertz CT molecular complexity index is 242. The first-order valence-electron chi connectivity index (χ1n) is 5.30. The summed E-state index contributed by atoms with van der Waals surface area (Å²) in [6.45, 7) is 3.06. The van der Waals surface area contributed by atoms with Gasteiger partial charge in [0.15, 0.2) is 0 Å². The summed E-state index contributed by atoms with van der Waals surface area (Å²) in [5, 5.41) is 5.48. The Morgan fingerprint density at radius 2 is 2.57 bits per heavy atom. The van der Waals surface area contributed by atoms with Gasteiger partial charge in [-0.05, 0) is 30.8 Å². The molecule has 1 fully saturated rings. The zero-order valence-electron chi connectivity index (χ0n) is 8.37. The van der Waals surface area contributed by atoms with E-state index in [0.717, 1.165) is 26.1 Å². The van der Waals surface area contributed by atoms with Crippen LogP contribution in [0.25, 0.3) is 0 Å². The lowest BCUT2D eigenvalue weighted by atomic mass is 10.1. The highest BCUT2D eigenvalue weighted by Crippen LogP contribution is 2.11. The van der Waals surface area contributed by atoms with Crippen molar-refractivity contribution in [2.75, 3.05) is 19.7 Å². The van der Waals surface area contributed by atoms with Gasteiger partial charge in [-0.15, -0.1) is 11.3 Å². The molecular weight excluding hydrogens is 194 g/mol. The fourth-order valence-corrected chi connectivity index (χ4v) is 2.43. The van der Waals surface area contributed by atoms with Crippen LogP contribution in [0.1, 0.15) is 17.7 Å². The highest BCUT2D eigenvalue weighted by atomic mass is 32.1. The molecule has 0 spiro atoms. The molecule has 1 aromatic heterocycles. The van der Waals surface area contributed by atoms with Crippen LogP contribution in [0.4, 0.5) is 0 Å². The largest absolute Gasteiger partial charge is 0.377 e. The molecule has 78 valence electrons. The summed E-state index contributed by atoms with van der Waals surface area (Å²) < 4.78 is 5.80. The fraction of sp³-hybridized carbons (Fsp3) is 0.636. The molecule has 1 saturated heterocycles. The molecule has 1 aromatic rings. The van der Waals surface area contributed by atoms with E-state index >= 15 is 0 Å². The van der Waals surface area contributed by atoms with Crippen LogP contribution < -0.4 is 5.32 Å². The summed E-state index contributed by atoms with van der Waals surface area (Å²) in [4.78, 5) is 1.42. The van der Waals surface area contributed by atoms with E-state index in [4.69, 9.17) is 4.74 Å². The van der Waals surface area contributed by atoms with Gasteiger partial charge in [-0.25, -0.2) is 0 Å². The highest BCUT2D eigenvalue weighted by Gasteiger charge is 2.12. The van der Waals surface area contributed by atoms with Crippen LogP contribution >= 0.6 is 11.3 Å². The van der Waals surface area contributed by atoms with Gasteiger partial charge in [-0.2, -0.15) is 0 Å². The summed E-state index contributed by atoms with van der Waals surface area (Å²) in [6.07, 6.45) is 3.98. The minimum absolute atomic E-state index is 0.448. The molecule has 1 atom stereocenters. The number of hydrogen-bond acceptors (Lipinski definition) is 3. The van der Waals surface area contributed by atoms with Gasteiger partial charge in [0.1, 0.15) is 0 Å². The van der Waals surface area contributed by atoms with Crippen LogP contribution in [0.3, 0.4) is 0 Å². The van der Waals surface area contributed by atoms with Crippen molar-refractivity contribution in [2.45, 2.75) is 25.4 Å². The first-order valence-corrected chi connectivity index (χ1v) is 6.18. The molecule has 1 aliphatic heterocycles. The quantitative estimate of drug-likeness (QED) is 0.823. The molecule has 0 aromatic carbocycles. The van der Waals surface area contributed by atoms with Crippen LogP contribution in [0.15, 0.2) is 17.5 Å². The van der Waals surface area contributed by atoms with E-state index < -0.39 is 0 Å². The third kappa shape index (κ3) is 3.08. The van der Waals surface area contributed by atoms with E-state index in [2.05, 4.69) is 22.8 Å². The molecule has 0 aliphatic carbocycles. The Labute approximate surface area is 89.3 Å². The van der Waals surface area contributed by atoms with Gasteiger partial charge in [-0.3, -0.25) is 0 Å². The van der Waals surface area contributed by atoms with Crippen molar-refractivity contribution in [2.24, 2.45) is 0 Å². The Balaban J connectivity index is 1.62. The summed E-state index contributed by atoms with van der Waals surface area (Å²) >= 11 is 1.81. The van der Waals surface area contributed by atoms with E-state index in [1.807, 2.05) is 11.3 Å². The lowest BCUT2D eigenvalue weighted by Gasteiger charge is -2.22. The maximum atomic E-state index is 5.80. The second-order valence-electron chi connectivity index (χ2n) is 3.67. The van der Waals surface area contributed by atoms with E-state index in [-0.39, 0.29) is 0 Å². The van der Waals surface area contributed by atoms with Crippen molar-refractivity contribution in [1.29, 1.82) is 0 Å². The zero-order valence-corrected chi connectivity index (χ0v) is 9.19. The van der Waals surface area contributed by atoms with Crippen LogP contribution in [-0.2, 0) is 11.2 Å². The first-order chi connectivity index (χ1) is 6.95. The summed E-state index contributed by atoms with van der Waals surface area (Å²) in [5.74, 6) is 0. The fourth-order valence-electron chi connectivity index (χ4n) is 1.74. The highest BCUT2D eigenvalue weighted by molar-refractivity contribution is 7.09. The Morgan fingerprint density at radius 1 is 1.57 bits per heavy atom.